The molecule has 0 aliphatic carbocycles. The van der Waals surface area contributed by atoms with Gasteiger partial charge in [-0.05, 0) is 44.5 Å². The highest BCUT2D eigenvalue weighted by atomic mass is 32.2. The molecule has 0 aliphatic rings. The standard InChI is InChI=1S/C18H31FN4O3S/c1-5-20-18(21-12-7-13-23(6-2)27(4,24)25)22-14-15(3)26-17-10-8-16(19)9-11-17/h8-11,15H,5-7,12-14H2,1-4H3,(H2,20,21,22). The van der Waals surface area contributed by atoms with Gasteiger partial charge in [0.1, 0.15) is 17.7 Å². The van der Waals surface area contributed by atoms with E-state index >= 15 is 0 Å². The molecule has 9 heteroatoms. The maximum Gasteiger partial charge on any atom is 0.211 e. The number of rotatable bonds is 11. The topological polar surface area (TPSA) is 83.0 Å². The Hall–Kier alpha value is -1.87. The second-order valence-electron chi connectivity index (χ2n) is 6.14. The predicted molar refractivity (Wildman–Crippen MR) is 107 cm³/mol. The van der Waals surface area contributed by atoms with Crippen molar-refractivity contribution in [2.75, 3.05) is 39.0 Å². The highest BCUT2D eigenvalue weighted by Crippen LogP contribution is 2.13. The Morgan fingerprint density at radius 1 is 1.26 bits per heavy atom. The van der Waals surface area contributed by atoms with Crippen molar-refractivity contribution in [1.82, 2.24) is 14.9 Å². The van der Waals surface area contributed by atoms with Crippen LogP contribution in [-0.4, -0.2) is 63.8 Å². The molecule has 1 aromatic carbocycles. The maximum absolute atomic E-state index is 12.9. The number of hydrogen-bond donors (Lipinski definition) is 2. The van der Waals surface area contributed by atoms with Crippen LogP contribution in [0.2, 0.25) is 0 Å². The van der Waals surface area contributed by atoms with Crippen molar-refractivity contribution >= 4 is 16.0 Å². The quantitative estimate of drug-likeness (QED) is 0.335. The third kappa shape index (κ3) is 9.58. The molecule has 27 heavy (non-hydrogen) atoms. The zero-order valence-corrected chi connectivity index (χ0v) is 17.4. The van der Waals surface area contributed by atoms with Crippen molar-refractivity contribution in [3.8, 4) is 5.75 Å². The lowest BCUT2D eigenvalue weighted by molar-refractivity contribution is 0.230. The molecule has 7 nitrogen and oxygen atoms in total. The molecule has 0 heterocycles. The van der Waals surface area contributed by atoms with Crippen LogP contribution in [0.1, 0.15) is 27.2 Å². The summed E-state index contributed by atoms with van der Waals surface area (Å²) in [5.41, 5.74) is 0. The van der Waals surface area contributed by atoms with Gasteiger partial charge in [-0.15, -0.1) is 0 Å². The Morgan fingerprint density at radius 2 is 1.93 bits per heavy atom. The van der Waals surface area contributed by atoms with E-state index in [4.69, 9.17) is 4.74 Å². The minimum atomic E-state index is -3.16. The van der Waals surface area contributed by atoms with Crippen molar-refractivity contribution in [2.24, 2.45) is 4.99 Å². The first kappa shape index (κ1) is 23.2. The Morgan fingerprint density at radius 3 is 2.48 bits per heavy atom. The van der Waals surface area contributed by atoms with Gasteiger partial charge in [0, 0.05) is 26.2 Å². The third-order valence-corrected chi connectivity index (χ3v) is 5.08. The van der Waals surface area contributed by atoms with E-state index in [1.807, 2.05) is 20.8 Å². The van der Waals surface area contributed by atoms with Crippen molar-refractivity contribution in [3.05, 3.63) is 30.1 Å². The molecule has 0 bridgehead atoms. The monoisotopic (exact) mass is 402 g/mol. The van der Waals surface area contributed by atoms with E-state index < -0.39 is 10.0 Å². The van der Waals surface area contributed by atoms with Crippen molar-refractivity contribution < 1.29 is 17.5 Å². The van der Waals surface area contributed by atoms with E-state index in [1.54, 1.807) is 12.1 Å². The summed E-state index contributed by atoms with van der Waals surface area (Å²) in [5.74, 6) is 0.941. The van der Waals surface area contributed by atoms with Gasteiger partial charge in [-0.25, -0.2) is 22.1 Å². The maximum atomic E-state index is 12.9. The Bertz CT molecular complexity index is 680. The molecule has 1 aromatic rings. The summed E-state index contributed by atoms with van der Waals surface area (Å²) >= 11 is 0. The normalized spacial score (nSPS) is 13.5. The number of aliphatic imine (C=N–C) groups is 1. The van der Waals surface area contributed by atoms with Gasteiger partial charge in [0.2, 0.25) is 10.0 Å². The average Bonchev–Trinajstić information content (AvgIpc) is 2.60. The predicted octanol–water partition coefficient (Wildman–Crippen LogP) is 1.82. The summed E-state index contributed by atoms with van der Waals surface area (Å²) < 4.78 is 43.2. The fourth-order valence-electron chi connectivity index (χ4n) is 2.36. The van der Waals surface area contributed by atoms with Gasteiger partial charge in [-0.2, -0.15) is 0 Å². The van der Waals surface area contributed by atoms with E-state index in [9.17, 15) is 12.8 Å². The Kier molecular flexibility index (Phi) is 10.1. The second kappa shape index (κ2) is 11.8. The SMILES string of the molecule is CCNC(=NCC(C)Oc1ccc(F)cc1)NCCCN(CC)S(C)(=O)=O. The molecule has 0 aliphatic heterocycles. The minimum Gasteiger partial charge on any atom is -0.489 e. The number of benzene rings is 1. The van der Waals surface area contributed by atoms with Crippen molar-refractivity contribution in [1.29, 1.82) is 0 Å². The summed E-state index contributed by atoms with van der Waals surface area (Å²) in [5, 5.41) is 6.33. The molecule has 1 unspecified atom stereocenters. The van der Waals surface area contributed by atoms with Crippen LogP contribution in [0.3, 0.4) is 0 Å². The molecule has 0 aromatic heterocycles. The lowest BCUT2D eigenvalue weighted by Crippen LogP contribution is -2.40. The van der Waals surface area contributed by atoms with E-state index in [0.717, 1.165) is 0 Å². The first-order valence-corrected chi connectivity index (χ1v) is 11.0. The minimum absolute atomic E-state index is 0.174. The lowest BCUT2D eigenvalue weighted by atomic mass is 10.3. The highest BCUT2D eigenvalue weighted by Gasteiger charge is 2.13. The molecule has 0 fully saturated rings. The summed E-state index contributed by atoms with van der Waals surface area (Å²) in [6.07, 6.45) is 1.72. The van der Waals surface area contributed by atoms with E-state index in [1.165, 1.54) is 22.7 Å². The van der Waals surface area contributed by atoms with Gasteiger partial charge >= 0.3 is 0 Å². The van der Waals surface area contributed by atoms with Crippen LogP contribution in [-0.2, 0) is 10.0 Å². The average molecular weight is 403 g/mol. The van der Waals surface area contributed by atoms with Crippen LogP contribution in [0.4, 0.5) is 4.39 Å². The largest absolute Gasteiger partial charge is 0.489 e. The molecular formula is C18H31FN4O3S. The number of nitrogens with zero attached hydrogens (tertiary/aromatic N) is 2. The fourth-order valence-corrected chi connectivity index (χ4v) is 3.29. The number of halogens is 1. The number of nitrogens with one attached hydrogen (secondary N) is 2. The van der Waals surface area contributed by atoms with Crippen molar-refractivity contribution in [2.45, 2.75) is 33.3 Å². The molecule has 2 N–H and O–H groups in total. The van der Waals surface area contributed by atoms with Gasteiger partial charge in [-0.3, -0.25) is 0 Å². The molecule has 154 valence electrons. The lowest BCUT2D eigenvalue weighted by Gasteiger charge is -2.18. The van der Waals surface area contributed by atoms with Crippen LogP contribution in [0, 0.1) is 5.82 Å². The van der Waals surface area contributed by atoms with Gasteiger partial charge in [-0.1, -0.05) is 6.92 Å². The molecule has 0 saturated carbocycles. The second-order valence-corrected chi connectivity index (χ2v) is 8.12. The zero-order valence-electron chi connectivity index (χ0n) is 16.5. The van der Waals surface area contributed by atoms with E-state index in [-0.39, 0.29) is 11.9 Å². The number of ether oxygens (including phenoxy) is 1. The van der Waals surface area contributed by atoms with E-state index in [0.29, 0.717) is 50.9 Å². The number of hydrogen-bond acceptors (Lipinski definition) is 4. The Balaban J connectivity index is 2.45. The Labute approximate surface area is 162 Å². The summed E-state index contributed by atoms with van der Waals surface area (Å²) in [6.45, 7) is 8.35. The van der Waals surface area contributed by atoms with E-state index in [2.05, 4.69) is 15.6 Å². The van der Waals surface area contributed by atoms with Crippen molar-refractivity contribution in [3.63, 3.8) is 0 Å². The molecule has 0 saturated heterocycles. The summed E-state index contributed by atoms with van der Waals surface area (Å²) in [7, 11) is -3.16. The number of sulfonamides is 1. The summed E-state index contributed by atoms with van der Waals surface area (Å²) in [6, 6.07) is 5.88. The van der Waals surface area contributed by atoms with Crippen LogP contribution < -0.4 is 15.4 Å². The fraction of sp³-hybridized carbons (Fsp3) is 0.611. The molecular weight excluding hydrogens is 371 g/mol. The van der Waals surface area contributed by atoms with Gasteiger partial charge in [0.25, 0.3) is 0 Å². The van der Waals surface area contributed by atoms with Gasteiger partial charge in [0.05, 0.1) is 12.8 Å². The molecule has 1 rings (SSSR count). The number of guanidine groups is 1. The smallest absolute Gasteiger partial charge is 0.211 e. The first-order chi connectivity index (χ1) is 12.8. The molecule has 0 radical (unpaired) electrons. The molecule has 1 atom stereocenters. The van der Waals surface area contributed by atoms with Crippen LogP contribution in [0.5, 0.6) is 5.75 Å². The molecule has 0 amide bonds. The zero-order chi connectivity index (χ0) is 20.3. The van der Waals surface area contributed by atoms with Crippen LogP contribution >= 0.6 is 0 Å². The van der Waals surface area contributed by atoms with Crippen LogP contribution in [0.25, 0.3) is 0 Å². The molecule has 0 spiro atoms. The highest BCUT2D eigenvalue weighted by molar-refractivity contribution is 7.88. The summed E-state index contributed by atoms with van der Waals surface area (Å²) in [4.78, 5) is 4.48. The van der Waals surface area contributed by atoms with Gasteiger partial charge < -0.3 is 15.4 Å². The third-order valence-electron chi connectivity index (χ3n) is 3.70. The first-order valence-electron chi connectivity index (χ1n) is 9.15. The van der Waals surface area contributed by atoms with Gasteiger partial charge in [0.15, 0.2) is 5.96 Å². The van der Waals surface area contributed by atoms with Crippen LogP contribution in [0.15, 0.2) is 29.3 Å².